The van der Waals surface area contributed by atoms with Gasteiger partial charge in [0.2, 0.25) is 0 Å². The Balaban J connectivity index is 2.21. The number of rotatable bonds is 5. The van der Waals surface area contributed by atoms with E-state index in [0.29, 0.717) is 10.1 Å². The van der Waals surface area contributed by atoms with E-state index in [1.54, 1.807) is 6.20 Å². The number of nitrogens with zero attached hydrogens (tertiary/aromatic N) is 4. The number of hydrogen-bond donors (Lipinski definition) is 1. The first-order valence-corrected chi connectivity index (χ1v) is 7.32. The first-order chi connectivity index (χ1) is 8.72. The molecule has 0 amide bonds. The van der Waals surface area contributed by atoms with Crippen LogP contribution >= 0.6 is 34.1 Å². The second kappa shape index (κ2) is 6.23. The van der Waals surface area contributed by atoms with Crippen molar-refractivity contribution in [1.29, 1.82) is 0 Å². The predicted molar refractivity (Wildman–Crippen MR) is 79.0 cm³/mol. The van der Waals surface area contributed by atoms with E-state index in [9.17, 15) is 4.79 Å². The van der Waals surface area contributed by atoms with Gasteiger partial charge in [-0.25, -0.2) is 4.98 Å². The molecule has 0 saturated carbocycles. The van der Waals surface area contributed by atoms with Gasteiger partial charge in [0.1, 0.15) is 10.7 Å². The van der Waals surface area contributed by atoms with Crippen molar-refractivity contribution in [2.45, 2.75) is 19.9 Å². The van der Waals surface area contributed by atoms with E-state index in [-0.39, 0.29) is 5.56 Å². The minimum absolute atomic E-state index is 0.0555. The van der Waals surface area contributed by atoms with Crippen molar-refractivity contribution in [3.05, 3.63) is 32.1 Å². The van der Waals surface area contributed by atoms with Crippen LogP contribution < -0.4 is 10.9 Å². The van der Waals surface area contributed by atoms with E-state index in [1.165, 1.54) is 22.4 Å². The second-order valence-electron chi connectivity index (χ2n) is 3.65. The largest absolute Gasteiger partial charge is 0.374 e. The fourth-order valence-electron chi connectivity index (χ4n) is 1.38. The maximum atomic E-state index is 11.9. The van der Waals surface area contributed by atoms with Crippen LogP contribution in [0.15, 0.2) is 17.3 Å². The van der Waals surface area contributed by atoms with Gasteiger partial charge < -0.3 is 5.32 Å². The van der Waals surface area contributed by atoms with Crippen molar-refractivity contribution in [2.24, 2.45) is 0 Å². The summed E-state index contributed by atoms with van der Waals surface area (Å²) in [5.74, 6) is 0. The third-order valence-corrected chi connectivity index (χ3v) is 3.74. The van der Waals surface area contributed by atoms with Crippen LogP contribution in [0.4, 0.5) is 5.00 Å². The lowest BCUT2D eigenvalue weighted by Gasteiger charge is -2.05. The molecule has 2 aromatic rings. The van der Waals surface area contributed by atoms with Crippen molar-refractivity contribution >= 4 is 39.1 Å². The third-order valence-electron chi connectivity index (χ3n) is 2.27. The summed E-state index contributed by atoms with van der Waals surface area (Å²) in [6.07, 6.45) is 4.10. The molecule has 0 aliphatic heterocycles. The molecule has 0 aromatic carbocycles. The van der Waals surface area contributed by atoms with E-state index < -0.39 is 0 Å². The van der Waals surface area contributed by atoms with Gasteiger partial charge in [-0.15, -0.1) is 5.10 Å². The van der Waals surface area contributed by atoms with Gasteiger partial charge in [-0.2, -0.15) is 0 Å². The first-order valence-electron chi connectivity index (χ1n) is 5.47. The van der Waals surface area contributed by atoms with Crippen molar-refractivity contribution in [3.8, 4) is 0 Å². The van der Waals surface area contributed by atoms with Crippen LogP contribution in [0, 0.1) is 3.57 Å². The van der Waals surface area contributed by atoms with Gasteiger partial charge >= 0.3 is 0 Å². The van der Waals surface area contributed by atoms with Crippen LogP contribution in [0.1, 0.15) is 19.0 Å². The predicted octanol–water partition coefficient (Wildman–Crippen LogP) is 1.57. The van der Waals surface area contributed by atoms with Crippen molar-refractivity contribution < 1.29 is 0 Å². The summed E-state index contributed by atoms with van der Waals surface area (Å²) < 4.78 is 6.05. The molecule has 8 heteroatoms. The minimum atomic E-state index is -0.0555. The van der Waals surface area contributed by atoms with Gasteiger partial charge in [0.15, 0.2) is 0 Å². The number of aromatic nitrogens is 4. The smallest absolute Gasteiger partial charge is 0.267 e. The van der Waals surface area contributed by atoms with Crippen LogP contribution in [0.3, 0.4) is 0 Å². The molecule has 0 aliphatic carbocycles. The molecule has 0 spiro atoms. The molecule has 2 heterocycles. The molecular formula is C10H12IN5OS. The Labute approximate surface area is 122 Å². The maximum absolute atomic E-state index is 11.9. The summed E-state index contributed by atoms with van der Waals surface area (Å²) in [5.41, 5.74) is 0.722. The molecular weight excluding hydrogens is 365 g/mol. The lowest BCUT2D eigenvalue weighted by Crippen LogP contribution is -2.23. The third kappa shape index (κ3) is 3.05. The minimum Gasteiger partial charge on any atom is -0.374 e. The van der Waals surface area contributed by atoms with Gasteiger partial charge in [-0.05, 0) is 29.0 Å². The Hall–Kier alpha value is -1.03. The second-order valence-corrected chi connectivity index (χ2v) is 5.57. The monoisotopic (exact) mass is 377 g/mol. The van der Waals surface area contributed by atoms with Crippen molar-refractivity contribution in [1.82, 2.24) is 19.1 Å². The van der Waals surface area contributed by atoms with Crippen LogP contribution in [0.5, 0.6) is 0 Å². The summed E-state index contributed by atoms with van der Waals surface area (Å²) in [6.45, 7) is 3.36. The molecule has 96 valence electrons. The Morgan fingerprint density at radius 1 is 1.56 bits per heavy atom. The molecule has 0 atom stereocenters. The molecule has 0 saturated heterocycles. The first kappa shape index (κ1) is 13.4. The topological polar surface area (TPSA) is 72.7 Å². The molecule has 0 radical (unpaired) electrons. The Morgan fingerprint density at radius 3 is 3.17 bits per heavy atom. The molecule has 0 bridgehead atoms. The zero-order valence-electron chi connectivity index (χ0n) is 9.76. The van der Waals surface area contributed by atoms with Gasteiger partial charge in [0.05, 0.1) is 16.4 Å². The van der Waals surface area contributed by atoms with Gasteiger partial charge in [0.25, 0.3) is 5.56 Å². The SMILES string of the molecule is CCCNc1snnc1Cn1cncc(I)c1=O. The van der Waals surface area contributed by atoms with Crippen molar-refractivity contribution in [2.75, 3.05) is 11.9 Å². The zero-order chi connectivity index (χ0) is 13.0. The summed E-state index contributed by atoms with van der Waals surface area (Å²) in [5, 5.41) is 8.22. The average Bonchev–Trinajstić information content (AvgIpc) is 2.80. The summed E-state index contributed by atoms with van der Waals surface area (Å²) in [4.78, 5) is 15.9. The Bertz CT molecular complexity index is 582. The highest BCUT2D eigenvalue weighted by Crippen LogP contribution is 2.18. The highest BCUT2D eigenvalue weighted by Gasteiger charge is 2.09. The van der Waals surface area contributed by atoms with E-state index in [0.717, 1.165) is 23.7 Å². The number of halogens is 1. The molecule has 0 unspecified atom stereocenters. The number of hydrogen-bond acceptors (Lipinski definition) is 6. The Morgan fingerprint density at radius 2 is 2.39 bits per heavy atom. The lowest BCUT2D eigenvalue weighted by molar-refractivity contribution is 0.711. The molecule has 0 fully saturated rings. The van der Waals surface area contributed by atoms with Gasteiger partial charge in [-0.1, -0.05) is 11.4 Å². The van der Waals surface area contributed by atoms with Crippen LogP contribution in [-0.4, -0.2) is 25.7 Å². The summed E-state index contributed by atoms with van der Waals surface area (Å²) >= 11 is 3.29. The molecule has 1 N–H and O–H groups in total. The summed E-state index contributed by atoms with van der Waals surface area (Å²) in [7, 11) is 0. The van der Waals surface area contributed by atoms with E-state index >= 15 is 0 Å². The Kier molecular flexibility index (Phi) is 4.64. The van der Waals surface area contributed by atoms with Gasteiger partial charge in [-0.3, -0.25) is 9.36 Å². The fraction of sp³-hybridized carbons (Fsp3) is 0.400. The normalized spacial score (nSPS) is 10.6. The zero-order valence-corrected chi connectivity index (χ0v) is 12.7. The van der Waals surface area contributed by atoms with E-state index in [2.05, 4.69) is 26.8 Å². The standard InChI is InChI=1S/C10H12IN5OS/c1-2-3-13-9-8(14-15-18-9)5-16-6-12-4-7(11)10(16)17/h4,6,13H,2-3,5H2,1H3. The average molecular weight is 377 g/mol. The van der Waals surface area contributed by atoms with Gasteiger partial charge in [0, 0.05) is 24.3 Å². The highest BCUT2D eigenvalue weighted by molar-refractivity contribution is 14.1. The lowest BCUT2D eigenvalue weighted by atomic mass is 10.4. The van der Waals surface area contributed by atoms with Crippen LogP contribution in [0.25, 0.3) is 0 Å². The van der Waals surface area contributed by atoms with E-state index in [4.69, 9.17) is 0 Å². The highest BCUT2D eigenvalue weighted by atomic mass is 127. The molecule has 0 aliphatic rings. The fourth-order valence-corrected chi connectivity index (χ4v) is 2.45. The number of anilines is 1. The quantitative estimate of drug-likeness (QED) is 0.801. The molecule has 2 aromatic heterocycles. The number of nitrogens with one attached hydrogen (secondary N) is 1. The summed E-state index contributed by atoms with van der Waals surface area (Å²) in [6, 6.07) is 0. The molecule has 18 heavy (non-hydrogen) atoms. The molecule has 6 nitrogen and oxygen atoms in total. The van der Waals surface area contributed by atoms with Crippen molar-refractivity contribution in [3.63, 3.8) is 0 Å². The maximum Gasteiger partial charge on any atom is 0.267 e. The van der Waals surface area contributed by atoms with Crippen LogP contribution in [0.2, 0.25) is 0 Å². The molecule has 2 rings (SSSR count). The van der Waals surface area contributed by atoms with Crippen LogP contribution in [-0.2, 0) is 6.54 Å². The van der Waals surface area contributed by atoms with E-state index in [1.807, 2.05) is 22.6 Å².